The number of nitrogens with zero attached hydrogens (tertiary/aromatic N) is 3. The van der Waals surface area contributed by atoms with Crippen LogP contribution in [0.1, 0.15) is 31.1 Å². The highest BCUT2D eigenvalue weighted by Crippen LogP contribution is 2.19. The number of hydrogen-bond acceptors (Lipinski definition) is 5. The van der Waals surface area contributed by atoms with Crippen molar-refractivity contribution in [3.8, 4) is 5.82 Å². The topological polar surface area (TPSA) is 83.0 Å². The predicted molar refractivity (Wildman–Crippen MR) is 70.9 cm³/mol. The first kappa shape index (κ1) is 13.1. The van der Waals surface area contributed by atoms with E-state index >= 15 is 0 Å². The normalized spacial score (nSPS) is 11.3. The number of esters is 1. The molecule has 0 aliphatic carbocycles. The van der Waals surface area contributed by atoms with Gasteiger partial charge in [0.15, 0.2) is 5.82 Å². The van der Waals surface area contributed by atoms with Crippen LogP contribution in [0.25, 0.3) is 5.82 Å². The number of aromatic nitrogens is 3. The van der Waals surface area contributed by atoms with Gasteiger partial charge >= 0.3 is 5.97 Å². The Balaban J connectivity index is 2.31. The zero-order valence-electron chi connectivity index (χ0n) is 11.1. The van der Waals surface area contributed by atoms with Gasteiger partial charge in [-0.25, -0.2) is 9.78 Å². The van der Waals surface area contributed by atoms with Gasteiger partial charge in [0, 0.05) is 6.20 Å². The summed E-state index contributed by atoms with van der Waals surface area (Å²) in [5, 5.41) is 4.07. The molecule has 2 N–H and O–H groups in total. The molecule has 2 heterocycles. The van der Waals surface area contributed by atoms with E-state index in [4.69, 9.17) is 10.5 Å². The van der Waals surface area contributed by atoms with Crippen LogP contribution in [0.2, 0.25) is 0 Å². The van der Waals surface area contributed by atoms with Crippen LogP contribution in [-0.4, -0.2) is 26.3 Å². The van der Waals surface area contributed by atoms with Crippen molar-refractivity contribution in [3.63, 3.8) is 0 Å². The molecule has 0 unspecified atom stereocenters. The molecule has 6 heteroatoms. The third-order valence-corrected chi connectivity index (χ3v) is 2.29. The van der Waals surface area contributed by atoms with E-state index in [9.17, 15) is 4.79 Å². The molecule has 0 bridgehead atoms. The summed E-state index contributed by atoms with van der Waals surface area (Å²) in [5.41, 5.74) is 5.58. The second-order valence-electron chi connectivity index (χ2n) is 5.05. The van der Waals surface area contributed by atoms with E-state index in [-0.39, 0.29) is 11.4 Å². The summed E-state index contributed by atoms with van der Waals surface area (Å²) in [5.74, 6) is 0.273. The predicted octanol–water partition coefficient (Wildman–Crippen LogP) is 1.80. The molecule has 2 aromatic heterocycles. The Labute approximate surface area is 111 Å². The summed E-state index contributed by atoms with van der Waals surface area (Å²) in [4.78, 5) is 16.1. The number of carbonyl (C=O) groups is 1. The maximum absolute atomic E-state index is 11.9. The molecule has 0 atom stereocenters. The molecule has 0 aromatic carbocycles. The summed E-state index contributed by atoms with van der Waals surface area (Å²) in [6.45, 7) is 5.39. The van der Waals surface area contributed by atoms with Crippen molar-refractivity contribution in [1.82, 2.24) is 14.8 Å². The fraction of sp³-hybridized carbons (Fsp3) is 0.308. The quantitative estimate of drug-likeness (QED) is 0.832. The highest BCUT2D eigenvalue weighted by Gasteiger charge is 2.22. The van der Waals surface area contributed by atoms with E-state index < -0.39 is 11.6 Å². The lowest BCUT2D eigenvalue weighted by Crippen LogP contribution is -2.24. The summed E-state index contributed by atoms with van der Waals surface area (Å²) in [6, 6.07) is 5.36. The van der Waals surface area contributed by atoms with Gasteiger partial charge in [0.2, 0.25) is 0 Å². The van der Waals surface area contributed by atoms with Gasteiger partial charge in [0.05, 0.1) is 6.20 Å². The maximum atomic E-state index is 11.9. The number of ether oxygens (including phenoxy) is 1. The monoisotopic (exact) mass is 260 g/mol. The molecule has 0 fully saturated rings. The van der Waals surface area contributed by atoms with Gasteiger partial charge < -0.3 is 10.5 Å². The van der Waals surface area contributed by atoms with Crippen LogP contribution in [0.3, 0.4) is 0 Å². The van der Waals surface area contributed by atoms with Gasteiger partial charge in [0.25, 0.3) is 0 Å². The summed E-state index contributed by atoms with van der Waals surface area (Å²) in [6.07, 6.45) is 3.02. The smallest absolute Gasteiger partial charge is 0.344 e. The number of anilines is 1. The van der Waals surface area contributed by atoms with Crippen LogP contribution in [-0.2, 0) is 4.74 Å². The standard InChI is InChI=1S/C13H16N4O2/c1-13(2,3)19-12(18)9-8-16-17(11(9)14)10-6-4-5-7-15-10/h4-8H,14H2,1-3H3. The van der Waals surface area contributed by atoms with Gasteiger partial charge in [-0.2, -0.15) is 9.78 Å². The lowest BCUT2D eigenvalue weighted by molar-refractivity contribution is 0.00708. The van der Waals surface area contributed by atoms with Crippen LogP contribution in [0.5, 0.6) is 0 Å². The minimum atomic E-state index is -0.573. The van der Waals surface area contributed by atoms with Crippen molar-refractivity contribution in [2.45, 2.75) is 26.4 Å². The van der Waals surface area contributed by atoms with Gasteiger partial charge in [-0.3, -0.25) is 0 Å². The Kier molecular flexibility index (Phi) is 3.25. The van der Waals surface area contributed by atoms with Crippen molar-refractivity contribution in [1.29, 1.82) is 0 Å². The molecule has 0 saturated carbocycles. The average Bonchev–Trinajstić information content (AvgIpc) is 2.70. The number of hydrogen-bond donors (Lipinski definition) is 1. The third kappa shape index (κ3) is 2.90. The van der Waals surface area contributed by atoms with E-state index in [1.807, 2.05) is 6.07 Å². The Morgan fingerprint density at radius 2 is 2.11 bits per heavy atom. The van der Waals surface area contributed by atoms with E-state index in [0.29, 0.717) is 5.82 Å². The summed E-state index contributed by atoms with van der Waals surface area (Å²) < 4.78 is 6.66. The molecule has 100 valence electrons. The van der Waals surface area contributed by atoms with Gasteiger partial charge in [-0.05, 0) is 32.9 Å². The second kappa shape index (κ2) is 4.72. The Morgan fingerprint density at radius 3 is 2.68 bits per heavy atom. The first-order valence-electron chi connectivity index (χ1n) is 5.87. The van der Waals surface area contributed by atoms with Crippen LogP contribution >= 0.6 is 0 Å². The van der Waals surface area contributed by atoms with Crippen molar-refractivity contribution in [2.75, 3.05) is 5.73 Å². The molecule has 6 nitrogen and oxygen atoms in total. The molecule has 0 aliphatic heterocycles. The summed E-state index contributed by atoms with van der Waals surface area (Å²) >= 11 is 0. The van der Waals surface area contributed by atoms with E-state index in [1.54, 1.807) is 39.1 Å². The van der Waals surface area contributed by atoms with Gasteiger partial charge in [0.1, 0.15) is 17.0 Å². The van der Waals surface area contributed by atoms with E-state index in [0.717, 1.165) is 0 Å². The average molecular weight is 260 g/mol. The molecule has 0 aliphatic rings. The first-order valence-corrected chi connectivity index (χ1v) is 5.87. The molecular weight excluding hydrogens is 244 g/mol. The van der Waals surface area contributed by atoms with Crippen LogP contribution in [0.15, 0.2) is 30.6 Å². The Bertz CT molecular complexity index is 584. The lowest BCUT2D eigenvalue weighted by atomic mass is 10.2. The number of nitrogens with two attached hydrogens (primary N) is 1. The van der Waals surface area contributed by atoms with Crippen molar-refractivity contribution < 1.29 is 9.53 Å². The number of pyridine rings is 1. The van der Waals surface area contributed by atoms with Crippen LogP contribution in [0, 0.1) is 0 Å². The number of carbonyl (C=O) groups excluding carboxylic acids is 1. The lowest BCUT2D eigenvalue weighted by Gasteiger charge is -2.19. The van der Waals surface area contributed by atoms with Gasteiger partial charge in [-0.1, -0.05) is 6.07 Å². The molecular formula is C13H16N4O2. The Hall–Kier alpha value is -2.37. The zero-order valence-corrected chi connectivity index (χ0v) is 11.1. The molecule has 0 saturated heterocycles. The van der Waals surface area contributed by atoms with Crippen LogP contribution in [0.4, 0.5) is 5.82 Å². The second-order valence-corrected chi connectivity index (χ2v) is 5.05. The highest BCUT2D eigenvalue weighted by molar-refractivity contribution is 5.94. The molecule has 2 aromatic rings. The van der Waals surface area contributed by atoms with Gasteiger partial charge in [-0.15, -0.1) is 0 Å². The fourth-order valence-electron chi connectivity index (χ4n) is 1.51. The number of rotatable bonds is 2. The van der Waals surface area contributed by atoms with Crippen molar-refractivity contribution in [2.24, 2.45) is 0 Å². The molecule has 0 amide bonds. The van der Waals surface area contributed by atoms with E-state index in [2.05, 4.69) is 10.1 Å². The largest absolute Gasteiger partial charge is 0.456 e. The SMILES string of the molecule is CC(C)(C)OC(=O)c1cnn(-c2ccccn2)c1N. The minimum absolute atomic E-state index is 0.216. The maximum Gasteiger partial charge on any atom is 0.344 e. The molecule has 0 radical (unpaired) electrons. The van der Waals surface area contributed by atoms with Crippen molar-refractivity contribution in [3.05, 3.63) is 36.2 Å². The fourth-order valence-corrected chi connectivity index (χ4v) is 1.51. The summed E-state index contributed by atoms with van der Waals surface area (Å²) in [7, 11) is 0. The third-order valence-electron chi connectivity index (χ3n) is 2.29. The molecule has 0 spiro atoms. The van der Waals surface area contributed by atoms with Crippen LogP contribution < -0.4 is 5.73 Å². The van der Waals surface area contributed by atoms with E-state index in [1.165, 1.54) is 10.9 Å². The first-order chi connectivity index (χ1) is 8.88. The zero-order chi connectivity index (χ0) is 14.0. The highest BCUT2D eigenvalue weighted by atomic mass is 16.6. The van der Waals surface area contributed by atoms with Crippen molar-refractivity contribution >= 4 is 11.8 Å². The molecule has 2 rings (SSSR count). The minimum Gasteiger partial charge on any atom is -0.456 e. The molecule has 19 heavy (non-hydrogen) atoms. The number of nitrogen functional groups attached to an aromatic ring is 1. The Morgan fingerprint density at radius 1 is 1.37 bits per heavy atom.